The highest BCUT2D eigenvalue weighted by Gasteiger charge is 2.24. The molecule has 2 aliphatic heterocycles. The Morgan fingerprint density at radius 2 is 2.18 bits per heavy atom. The summed E-state index contributed by atoms with van der Waals surface area (Å²) in [6, 6.07) is 2.18. The normalized spacial score (nSPS) is 22.4. The number of hydrogen-bond donors (Lipinski definition) is 1. The lowest BCUT2D eigenvalue weighted by atomic mass is 9.87. The van der Waals surface area contributed by atoms with Crippen LogP contribution in [0.3, 0.4) is 0 Å². The zero-order valence-corrected chi connectivity index (χ0v) is 10.6. The maximum Gasteiger partial charge on any atom is 0.0471 e. The van der Waals surface area contributed by atoms with Crippen LogP contribution < -0.4 is 5.32 Å². The van der Waals surface area contributed by atoms with Gasteiger partial charge in [-0.05, 0) is 63.1 Å². The van der Waals surface area contributed by atoms with Crippen molar-refractivity contribution >= 4 is 0 Å². The summed E-state index contributed by atoms with van der Waals surface area (Å²) in [7, 11) is 2.22. The van der Waals surface area contributed by atoms with Crippen LogP contribution >= 0.6 is 0 Å². The van der Waals surface area contributed by atoms with E-state index in [1.807, 2.05) is 6.20 Å². The fourth-order valence-corrected chi connectivity index (χ4v) is 3.08. The highest BCUT2D eigenvalue weighted by molar-refractivity contribution is 5.34. The Morgan fingerprint density at radius 3 is 3.00 bits per heavy atom. The van der Waals surface area contributed by atoms with Crippen molar-refractivity contribution in [3.63, 3.8) is 0 Å². The van der Waals surface area contributed by atoms with Crippen LogP contribution in [0, 0.1) is 0 Å². The van der Waals surface area contributed by atoms with Gasteiger partial charge in [-0.25, -0.2) is 0 Å². The predicted octanol–water partition coefficient (Wildman–Crippen LogP) is 1.54. The molecule has 1 aromatic rings. The van der Waals surface area contributed by atoms with E-state index in [2.05, 4.69) is 23.3 Å². The van der Waals surface area contributed by atoms with Gasteiger partial charge in [-0.1, -0.05) is 0 Å². The maximum absolute atomic E-state index is 4.69. The molecule has 0 aromatic carbocycles. The molecule has 0 atom stereocenters. The maximum atomic E-state index is 4.69. The van der Waals surface area contributed by atoms with Crippen molar-refractivity contribution in [3.05, 3.63) is 29.1 Å². The standard InChI is InChI=1S/C14H21N3/c1-17-8-4-11(5-9-17)14-13-3-6-15-10-12(13)2-7-16-14/h2,7,11,15H,3-6,8-10H2,1H3. The molecule has 0 amide bonds. The number of piperidine rings is 1. The van der Waals surface area contributed by atoms with Crippen molar-refractivity contribution in [2.45, 2.75) is 31.7 Å². The summed E-state index contributed by atoms with van der Waals surface area (Å²) >= 11 is 0. The monoisotopic (exact) mass is 231 g/mol. The van der Waals surface area contributed by atoms with E-state index >= 15 is 0 Å². The molecular formula is C14H21N3. The molecule has 3 heteroatoms. The van der Waals surface area contributed by atoms with E-state index in [0.717, 1.165) is 19.5 Å². The van der Waals surface area contributed by atoms with Crippen LogP contribution in [0.5, 0.6) is 0 Å². The SMILES string of the molecule is CN1CCC(c2nccc3c2CCNC3)CC1. The Labute approximate surface area is 103 Å². The van der Waals surface area contributed by atoms with Gasteiger partial charge in [0.1, 0.15) is 0 Å². The van der Waals surface area contributed by atoms with Crippen LogP contribution in [-0.4, -0.2) is 36.6 Å². The smallest absolute Gasteiger partial charge is 0.0471 e. The minimum Gasteiger partial charge on any atom is -0.312 e. The average molecular weight is 231 g/mol. The number of nitrogens with one attached hydrogen (secondary N) is 1. The van der Waals surface area contributed by atoms with Crippen molar-refractivity contribution in [2.24, 2.45) is 0 Å². The first-order chi connectivity index (χ1) is 8.34. The summed E-state index contributed by atoms with van der Waals surface area (Å²) in [5.41, 5.74) is 4.41. The molecule has 3 nitrogen and oxygen atoms in total. The Hall–Kier alpha value is -0.930. The summed E-state index contributed by atoms with van der Waals surface area (Å²) in [5.74, 6) is 0.694. The van der Waals surface area contributed by atoms with Crippen molar-refractivity contribution in [3.8, 4) is 0 Å². The van der Waals surface area contributed by atoms with Crippen LogP contribution in [0.1, 0.15) is 35.6 Å². The van der Waals surface area contributed by atoms with E-state index in [1.165, 1.54) is 37.2 Å². The highest BCUT2D eigenvalue weighted by Crippen LogP contribution is 2.30. The number of fused-ring (bicyclic) bond motifs is 1. The van der Waals surface area contributed by atoms with Crippen LogP contribution in [0.15, 0.2) is 12.3 Å². The van der Waals surface area contributed by atoms with Gasteiger partial charge in [0.25, 0.3) is 0 Å². The van der Waals surface area contributed by atoms with E-state index in [1.54, 1.807) is 5.56 Å². The first-order valence-electron chi connectivity index (χ1n) is 6.70. The summed E-state index contributed by atoms with van der Waals surface area (Å²) in [5, 5.41) is 3.44. The molecule has 1 saturated heterocycles. The second kappa shape index (κ2) is 4.75. The molecule has 0 saturated carbocycles. The first kappa shape index (κ1) is 11.2. The van der Waals surface area contributed by atoms with Gasteiger partial charge in [-0.15, -0.1) is 0 Å². The molecule has 0 bridgehead atoms. The summed E-state index contributed by atoms with van der Waals surface area (Å²) in [6.07, 6.45) is 5.70. The number of pyridine rings is 1. The zero-order valence-electron chi connectivity index (χ0n) is 10.6. The second-order valence-corrected chi connectivity index (χ2v) is 5.34. The van der Waals surface area contributed by atoms with E-state index in [-0.39, 0.29) is 0 Å². The van der Waals surface area contributed by atoms with Gasteiger partial charge in [-0.2, -0.15) is 0 Å². The van der Waals surface area contributed by atoms with E-state index in [4.69, 9.17) is 4.98 Å². The van der Waals surface area contributed by atoms with Crippen molar-refractivity contribution in [1.82, 2.24) is 15.2 Å². The fourth-order valence-electron chi connectivity index (χ4n) is 3.08. The van der Waals surface area contributed by atoms with Crippen LogP contribution in [0.4, 0.5) is 0 Å². The molecule has 3 heterocycles. The van der Waals surface area contributed by atoms with Gasteiger partial charge in [0.05, 0.1) is 0 Å². The lowest BCUT2D eigenvalue weighted by Gasteiger charge is -2.31. The van der Waals surface area contributed by atoms with Crippen LogP contribution in [0.2, 0.25) is 0 Å². The average Bonchev–Trinajstić information content (AvgIpc) is 2.39. The van der Waals surface area contributed by atoms with Gasteiger partial charge in [0.2, 0.25) is 0 Å². The summed E-state index contributed by atoms with van der Waals surface area (Å²) in [4.78, 5) is 7.12. The zero-order chi connectivity index (χ0) is 11.7. The van der Waals surface area contributed by atoms with Gasteiger partial charge in [0, 0.05) is 24.4 Å². The molecule has 0 aliphatic carbocycles. The third-order valence-electron chi connectivity index (χ3n) is 4.16. The number of rotatable bonds is 1. The fraction of sp³-hybridized carbons (Fsp3) is 0.643. The number of hydrogen-bond acceptors (Lipinski definition) is 3. The quantitative estimate of drug-likeness (QED) is 0.794. The topological polar surface area (TPSA) is 28.2 Å². The molecule has 1 N–H and O–H groups in total. The Bertz CT molecular complexity index is 394. The first-order valence-corrected chi connectivity index (χ1v) is 6.70. The molecule has 1 aromatic heterocycles. The minimum atomic E-state index is 0.694. The van der Waals surface area contributed by atoms with E-state index in [0.29, 0.717) is 5.92 Å². The Balaban J connectivity index is 1.87. The molecule has 3 rings (SSSR count). The number of aromatic nitrogens is 1. The summed E-state index contributed by atoms with van der Waals surface area (Å²) in [6.45, 7) is 4.57. The molecule has 0 unspecified atom stereocenters. The molecule has 0 spiro atoms. The molecular weight excluding hydrogens is 210 g/mol. The van der Waals surface area contributed by atoms with Crippen molar-refractivity contribution in [1.29, 1.82) is 0 Å². The van der Waals surface area contributed by atoms with Crippen LogP contribution in [0.25, 0.3) is 0 Å². The van der Waals surface area contributed by atoms with Gasteiger partial charge in [0.15, 0.2) is 0 Å². The second-order valence-electron chi connectivity index (χ2n) is 5.34. The van der Waals surface area contributed by atoms with Crippen molar-refractivity contribution in [2.75, 3.05) is 26.7 Å². The Kier molecular flexibility index (Phi) is 3.12. The van der Waals surface area contributed by atoms with Crippen LogP contribution in [-0.2, 0) is 13.0 Å². The van der Waals surface area contributed by atoms with E-state index in [9.17, 15) is 0 Å². The van der Waals surface area contributed by atoms with E-state index < -0.39 is 0 Å². The van der Waals surface area contributed by atoms with Gasteiger partial charge >= 0.3 is 0 Å². The molecule has 17 heavy (non-hydrogen) atoms. The number of nitrogens with zero attached hydrogens (tertiary/aromatic N) is 2. The molecule has 1 fully saturated rings. The lowest BCUT2D eigenvalue weighted by Crippen LogP contribution is -2.31. The third kappa shape index (κ3) is 2.22. The lowest BCUT2D eigenvalue weighted by molar-refractivity contribution is 0.252. The predicted molar refractivity (Wildman–Crippen MR) is 69.1 cm³/mol. The third-order valence-corrected chi connectivity index (χ3v) is 4.16. The van der Waals surface area contributed by atoms with Gasteiger partial charge in [-0.3, -0.25) is 4.98 Å². The summed E-state index contributed by atoms with van der Waals surface area (Å²) < 4.78 is 0. The Morgan fingerprint density at radius 1 is 1.35 bits per heavy atom. The number of likely N-dealkylation sites (tertiary alicyclic amines) is 1. The molecule has 92 valence electrons. The van der Waals surface area contributed by atoms with Gasteiger partial charge < -0.3 is 10.2 Å². The largest absolute Gasteiger partial charge is 0.312 e. The minimum absolute atomic E-state index is 0.694. The highest BCUT2D eigenvalue weighted by atomic mass is 15.1. The molecule has 0 radical (unpaired) electrons. The van der Waals surface area contributed by atoms with Crippen molar-refractivity contribution < 1.29 is 0 Å². The molecule has 2 aliphatic rings.